The van der Waals surface area contributed by atoms with E-state index in [4.69, 9.17) is 4.74 Å². The largest absolute Gasteiger partial charge is 0.505 e. The Balaban J connectivity index is 1.31. The summed E-state index contributed by atoms with van der Waals surface area (Å²) in [5.41, 5.74) is 1.89. The summed E-state index contributed by atoms with van der Waals surface area (Å²) >= 11 is 0. The number of rotatable bonds is 8. The topological polar surface area (TPSA) is 75.6 Å². The standard InChI is InChI=1S/C29H29FN2O4/c30-24-17-22(11-12-25(24)33)26(34)18-32-15-13-20(14-16-32)27(19-32)36-29(35)28(21-7-3-1-4-8-21)31-23-9-5-2-6-10-23/h1-12,17,20,27-28,31H,13-16,18-19H2/p+1/t20?,27-,28+,32?/m0/s1. The average Bonchev–Trinajstić information content (AvgIpc) is 2.90. The lowest BCUT2D eigenvalue weighted by atomic mass is 9.82. The number of ether oxygens (including phenoxy) is 1. The van der Waals surface area contributed by atoms with Crippen LogP contribution in [0.25, 0.3) is 0 Å². The maximum atomic E-state index is 13.8. The fraction of sp³-hybridized carbons (Fsp3) is 0.310. The van der Waals surface area contributed by atoms with Crippen molar-refractivity contribution in [1.82, 2.24) is 0 Å². The molecule has 0 unspecified atom stereocenters. The van der Waals surface area contributed by atoms with Crippen molar-refractivity contribution in [2.24, 2.45) is 5.92 Å². The van der Waals surface area contributed by atoms with Crippen LogP contribution in [0, 0.1) is 11.7 Å². The number of phenolic OH excluding ortho intramolecular Hbond substituents is 1. The number of anilines is 1. The van der Waals surface area contributed by atoms with Gasteiger partial charge in [-0.25, -0.2) is 9.18 Å². The minimum absolute atomic E-state index is 0.174. The van der Waals surface area contributed by atoms with E-state index in [-0.39, 0.29) is 35.9 Å². The quantitative estimate of drug-likeness (QED) is 0.272. The minimum Gasteiger partial charge on any atom is -0.505 e. The van der Waals surface area contributed by atoms with Crippen LogP contribution in [0.4, 0.5) is 10.1 Å². The van der Waals surface area contributed by atoms with E-state index in [2.05, 4.69) is 5.32 Å². The molecular weight excluding hydrogens is 459 g/mol. The van der Waals surface area contributed by atoms with Gasteiger partial charge in [-0.05, 0) is 35.9 Å². The molecule has 2 atom stereocenters. The Morgan fingerprint density at radius 3 is 2.33 bits per heavy atom. The Morgan fingerprint density at radius 1 is 1.00 bits per heavy atom. The van der Waals surface area contributed by atoms with Crippen LogP contribution in [0.1, 0.15) is 34.8 Å². The third-order valence-electron chi connectivity index (χ3n) is 7.51. The van der Waals surface area contributed by atoms with Gasteiger partial charge in [-0.15, -0.1) is 0 Å². The monoisotopic (exact) mass is 489 g/mol. The zero-order chi connectivity index (χ0) is 25.1. The first-order valence-electron chi connectivity index (χ1n) is 12.4. The number of para-hydroxylation sites is 1. The molecule has 6 nitrogen and oxygen atoms in total. The molecule has 6 rings (SSSR count). The number of benzene rings is 3. The van der Waals surface area contributed by atoms with Gasteiger partial charge < -0.3 is 19.6 Å². The number of nitrogens with zero attached hydrogens (tertiary/aromatic N) is 1. The Bertz CT molecular complexity index is 1230. The van der Waals surface area contributed by atoms with Crippen molar-refractivity contribution in [3.63, 3.8) is 0 Å². The Labute approximate surface area is 209 Å². The minimum atomic E-state index is -0.803. The number of hydrogen-bond donors (Lipinski definition) is 2. The van der Waals surface area contributed by atoms with E-state index in [0.29, 0.717) is 11.0 Å². The van der Waals surface area contributed by atoms with E-state index in [1.807, 2.05) is 60.7 Å². The van der Waals surface area contributed by atoms with E-state index >= 15 is 0 Å². The maximum absolute atomic E-state index is 13.8. The molecular formula is C29H30FN2O4+. The number of phenols is 1. The van der Waals surface area contributed by atoms with Crippen LogP contribution in [-0.4, -0.2) is 53.6 Å². The molecule has 0 amide bonds. The molecule has 2 N–H and O–H groups in total. The van der Waals surface area contributed by atoms with Crippen LogP contribution in [0.15, 0.2) is 78.9 Å². The summed E-state index contributed by atoms with van der Waals surface area (Å²) in [5.74, 6) is -1.52. The molecule has 0 radical (unpaired) electrons. The molecule has 0 aliphatic carbocycles. The summed E-state index contributed by atoms with van der Waals surface area (Å²) in [6.07, 6.45) is 1.46. The number of carbonyl (C=O) groups excluding carboxylic acids is 2. The highest BCUT2D eigenvalue weighted by molar-refractivity contribution is 5.97. The molecule has 3 aromatic rings. The third kappa shape index (κ3) is 5.11. The van der Waals surface area contributed by atoms with Crippen LogP contribution in [0.2, 0.25) is 0 Å². The van der Waals surface area contributed by atoms with Crippen LogP contribution < -0.4 is 5.32 Å². The number of nitrogens with one attached hydrogen (secondary N) is 1. The second-order valence-electron chi connectivity index (χ2n) is 9.89. The van der Waals surface area contributed by atoms with Gasteiger partial charge in [0.15, 0.2) is 23.7 Å². The van der Waals surface area contributed by atoms with Gasteiger partial charge in [-0.3, -0.25) is 4.79 Å². The van der Waals surface area contributed by atoms with Crippen molar-refractivity contribution < 1.29 is 28.3 Å². The van der Waals surface area contributed by atoms with Gasteiger partial charge in [0.25, 0.3) is 0 Å². The maximum Gasteiger partial charge on any atom is 0.333 e. The molecule has 3 aliphatic rings. The lowest BCUT2D eigenvalue weighted by Gasteiger charge is -2.51. The van der Waals surface area contributed by atoms with E-state index in [1.54, 1.807) is 0 Å². The van der Waals surface area contributed by atoms with Crippen molar-refractivity contribution in [2.45, 2.75) is 25.0 Å². The molecule has 7 heteroatoms. The second kappa shape index (κ2) is 10.1. The van der Waals surface area contributed by atoms with Gasteiger partial charge in [0.05, 0.1) is 13.1 Å². The van der Waals surface area contributed by atoms with E-state index in [0.717, 1.165) is 43.2 Å². The summed E-state index contributed by atoms with van der Waals surface area (Å²) in [4.78, 5) is 26.5. The summed E-state index contributed by atoms with van der Waals surface area (Å²) in [6.45, 7) is 2.44. The summed E-state index contributed by atoms with van der Waals surface area (Å²) in [6, 6.07) is 22.2. The molecule has 0 aromatic heterocycles. The van der Waals surface area contributed by atoms with E-state index in [9.17, 15) is 19.1 Å². The Kier molecular flexibility index (Phi) is 6.74. The Hall–Kier alpha value is -3.71. The molecule has 3 aliphatic heterocycles. The number of quaternary nitrogens is 1. The van der Waals surface area contributed by atoms with Gasteiger partial charge in [0, 0.05) is 30.0 Å². The number of fused-ring (bicyclic) bond motifs is 3. The molecule has 0 saturated carbocycles. The van der Waals surface area contributed by atoms with Gasteiger partial charge >= 0.3 is 5.97 Å². The van der Waals surface area contributed by atoms with Crippen LogP contribution >= 0.6 is 0 Å². The molecule has 3 heterocycles. The number of hydrogen-bond acceptors (Lipinski definition) is 5. The molecule has 3 fully saturated rings. The highest BCUT2D eigenvalue weighted by Crippen LogP contribution is 2.37. The van der Waals surface area contributed by atoms with Crippen molar-refractivity contribution >= 4 is 17.4 Å². The molecule has 186 valence electrons. The zero-order valence-electron chi connectivity index (χ0n) is 20.0. The number of Topliss-reactive ketones (excluding diaryl/α,β-unsaturated/α-hetero) is 1. The molecule has 3 aromatic carbocycles. The molecule has 0 spiro atoms. The van der Waals surface area contributed by atoms with Gasteiger partial charge in [0.2, 0.25) is 5.78 Å². The Morgan fingerprint density at radius 2 is 1.67 bits per heavy atom. The van der Waals surface area contributed by atoms with Crippen molar-refractivity contribution in [3.8, 4) is 5.75 Å². The molecule has 3 saturated heterocycles. The van der Waals surface area contributed by atoms with Crippen LogP contribution in [0.3, 0.4) is 0 Å². The van der Waals surface area contributed by atoms with Crippen LogP contribution in [0.5, 0.6) is 5.75 Å². The smallest absolute Gasteiger partial charge is 0.333 e. The average molecular weight is 490 g/mol. The number of carbonyl (C=O) groups is 2. The fourth-order valence-corrected chi connectivity index (χ4v) is 5.50. The first kappa shape index (κ1) is 24.0. The predicted octanol–water partition coefficient (Wildman–Crippen LogP) is 4.72. The third-order valence-corrected chi connectivity index (χ3v) is 7.51. The van der Waals surface area contributed by atoms with Gasteiger partial charge in [-0.1, -0.05) is 48.5 Å². The highest BCUT2D eigenvalue weighted by Gasteiger charge is 2.49. The van der Waals surface area contributed by atoms with E-state index < -0.39 is 17.6 Å². The number of piperidine rings is 3. The highest BCUT2D eigenvalue weighted by atomic mass is 19.1. The fourth-order valence-electron chi connectivity index (χ4n) is 5.50. The van der Waals surface area contributed by atoms with Crippen molar-refractivity contribution in [1.29, 1.82) is 0 Å². The van der Waals surface area contributed by atoms with E-state index in [1.165, 1.54) is 12.1 Å². The number of aromatic hydroxyl groups is 1. The van der Waals surface area contributed by atoms with Crippen molar-refractivity contribution in [2.75, 3.05) is 31.5 Å². The van der Waals surface area contributed by atoms with Gasteiger partial charge in [0.1, 0.15) is 13.1 Å². The lowest BCUT2D eigenvalue weighted by Crippen LogP contribution is -2.65. The second-order valence-corrected chi connectivity index (χ2v) is 9.89. The SMILES string of the molecule is O=C(C[N+]12CCC(CC1)[C@@H](OC(=O)[C@H](Nc1ccccc1)c1ccccc1)C2)c1ccc(O)c(F)c1. The molecule has 2 bridgehead atoms. The normalized spacial score (nSPS) is 23.6. The first-order chi connectivity index (χ1) is 17.4. The summed E-state index contributed by atoms with van der Waals surface area (Å²) in [7, 11) is 0. The zero-order valence-corrected chi connectivity index (χ0v) is 20.0. The lowest BCUT2D eigenvalue weighted by molar-refractivity contribution is -0.938. The predicted molar refractivity (Wildman–Crippen MR) is 134 cm³/mol. The van der Waals surface area contributed by atoms with Gasteiger partial charge in [-0.2, -0.15) is 0 Å². The number of halogens is 1. The van der Waals surface area contributed by atoms with Crippen LogP contribution in [-0.2, 0) is 9.53 Å². The summed E-state index contributed by atoms with van der Waals surface area (Å²) < 4.78 is 20.5. The number of ketones is 1. The number of esters is 1. The first-order valence-corrected chi connectivity index (χ1v) is 12.4. The van der Waals surface area contributed by atoms with Crippen molar-refractivity contribution in [3.05, 3.63) is 95.8 Å². The summed E-state index contributed by atoms with van der Waals surface area (Å²) in [5, 5.41) is 12.8. The molecule has 36 heavy (non-hydrogen) atoms.